The van der Waals surface area contributed by atoms with Crippen molar-refractivity contribution in [2.75, 3.05) is 6.61 Å². The van der Waals surface area contributed by atoms with E-state index in [2.05, 4.69) is 4.74 Å². The first-order valence-corrected chi connectivity index (χ1v) is 5.87. The molecule has 3 nitrogen and oxygen atoms in total. The third-order valence-corrected chi connectivity index (χ3v) is 2.61. The quantitative estimate of drug-likeness (QED) is 0.629. The Balaban J connectivity index is 3.50. The van der Waals surface area contributed by atoms with Gasteiger partial charge < -0.3 is 4.74 Å². The lowest BCUT2D eigenvalue weighted by Gasteiger charge is -2.17. The molecule has 0 radical (unpaired) electrons. The van der Waals surface area contributed by atoms with Gasteiger partial charge in [-0.3, -0.25) is 4.79 Å². The average Bonchev–Trinajstić information content (AvgIpc) is 2.35. The normalized spacial score (nSPS) is 11.9. The van der Waals surface area contributed by atoms with Crippen LogP contribution in [0.4, 0.5) is 26.3 Å². The predicted octanol–water partition coefficient (Wildman–Crippen LogP) is 3.70. The van der Waals surface area contributed by atoms with Crippen molar-refractivity contribution < 1.29 is 35.9 Å². The third-order valence-electron chi connectivity index (χ3n) is 2.61. The predicted molar refractivity (Wildman–Crippen MR) is 61.5 cm³/mol. The Bertz CT molecular complexity index is 613. The van der Waals surface area contributed by atoms with E-state index in [1.54, 1.807) is 0 Å². The summed E-state index contributed by atoms with van der Waals surface area (Å²) in [5, 5.41) is 8.69. The van der Waals surface area contributed by atoms with Crippen LogP contribution in [-0.2, 0) is 28.3 Å². The molecule has 0 heterocycles. The Morgan fingerprint density at radius 1 is 1.14 bits per heavy atom. The number of nitrogens with zero attached hydrogens (tertiary/aromatic N) is 1. The van der Waals surface area contributed by atoms with Crippen molar-refractivity contribution in [3.8, 4) is 6.07 Å². The number of alkyl halides is 6. The molecule has 0 aromatic heterocycles. The van der Waals surface area contributed by atoms with Crippen molar-refractivity contribution in [1.82, 2.24) is 0 Å². The van der Waals surface area contributed by atoms with Crippen LogP contribution >= 0.6 is 0 Å². The fourth-order valence-electron chi connectivity index (χ4n) is 1.75. The highest BCUT2D eigenvalue weighted by molar-refractivity contribution is 5.73. The number of hydrogen-bond donors (Lipinski definition) is 0. The molecule has 0 bridgehead atoms. The first-order valence-electron chi connectivity index (χ1n) is 5.87. The lowest BCUT2D eigenvalue weighted by atomic mass is 9.96. The first-order chi connectivity index (χ1) is 10.0. The molecule has 0 fully saturated rings. The maximum absolute atomic E-state index is 12.9. The van der Waals surface area contributed by atoms with Crippen molar-refractivity contribution in [2.45, 2.75) is 25.7 Å². The van der Waals surface area contributed by atoms with Crippen LogP contribution < -0.4 is 0 Å². The summed E-state index contributed by atoms with van der Waals surface area (Å²) in [7, 11) is 0. The minimum atomic E-state index is -5.12. The van der Waals surface area contributed by atoms with E-state index < -0.39 is 47.0 Å². The molecule has 0 spiro atoms. The van der Waals surface area contributed by atoms with E-state index in [9.17, 15) is 31.1 Å². The Morgan fingerprint density at radius 2 is 1.68 bits per heavy atom. The zero-order valence-corrected chi connectivity index (χ0v) is 11.1. The van der Waals surface area contributed by atoms with Gasteiger partial charge in [-0.1, -0.05) is 0 Å². The second-order valence-electron chi connectivity index (χ2n) is 4.14. The molecule has 120 valence electrons. The Kier molecular flexibility index (Phi) is 5.06. The summed E-state index contributed by atoms with van der Waals surface area (Å²) >= 11 is 0. The molecule has 22 heavy (non-hydrogen) atoms. The molecule has 0 amide bonds. The summed E-state index contributed by atoms with van der Waals surface area (Å²) in [6.45, 7) is 1.34. The van der Waals surface area contributed by atoms with Crippen LogP contribution in [0.2, 0.25) is 0 Å². The number of halogens is 6. The molecule has 1 aromatic rings. The molecule has 9 heteroatoms. The van der Waals surface area contributed by atoms with Gasteiger partial charge in [-0.2, -0.15) is 31.6 Å². The number of rotatable bonds is 3. The van der Waals surface area contributed by atoms with Gasteiger partial charge in [0, 0.05) is 0 Å². The number of carbonyl (C=O) groups is 1. The van der Waals surface area contributed by atoms with Gasteiger partial charge in [-0.05, 0) is 24.6 Å². The lowest BCUT2D eigenvalue weighted by Crippen LogP contribution is -2.18. The van der Waals surface area contributed by atoms with Crippen LogP contribution in [0.15, 0.2) is 12.1 Å². The highest BCUT2D eigenvalue weighted by atomic mass is 19.4. The fraction of sp³-hybridized carbons (Fsp3) is 0.385. The van der Waals surface area contributed by atoms with Gasteiger partial charge in [0.15, 0.2) is 0 Å². The number of nitriles is 1. The van der Waals surface area contributed by atoms with Crippen LogP contribution in [-0.4, -0.2) is 12.6 Å². The topological polar surface area (TPSA) is 50.1 Å². The van der Waals surface area contributed by atoms with Gasteiger partial charge in [0.2, 0.25) is 0 Å². The summed E-state index contributed by atoms with van der Waals surface area (Å²) in [6, 6.07) is 1.45. The minimum absolute atomic E-state index is 0.0913. The van der Waals surface area contributed by atoms with Gasteiger partial charge in [0.05, 0.1) is 35.8 Å². The van der Waals surface area contributed by atoms with Gasteiger partial charge in [0.1, 0.15) is 0 Å². The average molecular weight is 325 g/mol. The number of benzene rings is 1. The standard InChI is InChI=1S/C13H9F6NO2/c1-2-22-11(21)4-7-3-8(6-20)10(13(17,18)19)5-9(7)12(14,15)16/h3,5H,2,4H2,1H3. The Hall–Kier alpha value is -2.24. The van der Waals surface area contributed by atoms with Crippen molar-refractivity contribution in [3.05, 3.63) is 34.4 Å². The van der Waals surface area contributed by atoms with Crippen molar-refractivity contribution in [2.24, 2.45) is 0 Å². The van der Waals surface area contributed by atoms with E-state index in [4.69, 9.17) is 5.26 Å². The molecular formula is C13H9F6NO2. The molecule has 0 saturated heterocycles. The maximum Gasteiger partial charge on any atom is 0.417 e. The van der Waals surface area contributed by atoms with Crippen molar-refractivity contribution in [3.63, 3.8) is 0 Å². The fourth-order valence-corrected chi connectivity index (χ4v) is 1.75. The minimum Gasteiger partial charge on any atom is -0.466 e. The zero-order valence-electron chi connectivity index (χ0n) is 11.1. The van der Waals surface area contributed by atoms with Gasteiger partial charge in [0.25, 0.3) is 0 Å². The van der Waals surface area contributed by atoms with E-state index >= 15 is 0 Å². The van der Waals surface area contributed by atoms with Gasteiger partial charge in [-0.25, -0.2) is 0 Å². The number of esters is 1. The number of ether oxygens (including phenoxy) is 1. The summed E-state index contributed by atoms with van der Waals surface area (Å²) in [4.78, 5) is 11.3. The van der Waals surface area contributed by atoms with Crippen molar-refractivity contribution >= 4 is 5.97 Å². The molecule has 0 atom stereocenters. The van der Waals surface area contributed by atoms with Crippen molar-refractivity contribution in [1.29, 1.82) is 5.26 Å². The SMILES string of the molecule is CCOC(=O)Cc1cc(C#N)c(C(F)(F)F)cc1C(F)(F)F. The zero-order chi connectivity index (χ0) is 17.1. The van der Waals surface area contributed by atoms with E-state index in [1.165, 1.54) is 13.0 Å². The molecule has 0 unspecified atom stereocenters. The first kappa shape index (κ1) is 17.8. The summed E-state index contributed by atoms with van der Waals surface area (Å²) in [5.41, 5.74) is -5.04. The number of carbonyl (C=O) groups excluding carboxylic acids is 1. The van der Waals surface area contributed by atoms with Gasteiger partial charge in [-0.15, -0.1) is 0 Å². The van der Waals surface area contributed by atoms with Crippen LogP contribution in [0.1, 0.15) is 29.2 Å². The molecule has 0 aliphatic rings. The van der Waals surface area contributed by atoms with Crippen LogP contribution in [0.25, 0.3) is 0 Å². The largest absolute Gasteiger partial charge is 0.466 e. The monoisotopic (exact) mass is 325 g/mol. The van der Waals surface area contributed by atoms with E-state index in [0.717, 1.165) is 0 Å². The molecule has 0 N–H and O–H groups in total. The summed E-state index contributed by atoms with van der Waals surface area (Å²) in [5.74, 6) is -1.03. The highest BCUT2D eigenvalue weighted by Gasteiger charge is 2.40. The van der Waals surface area contributed by atoms with E-state index in [1.807, 2.05) is 0 Å². The van der Waals surface area contributed by atoms with Gasteiger partial charge >= 0.3 is 18.3 Å². The summed E-state index contributed by atoms with van der Waals surface area (Å²) in [6.07, 6.45) is -11.1. The summed E-state index contributed by atoms with van der Waals surface area (Å²) < 4.78 is 81.3. The van der Waals surface area contributed by atoms with Crippen LogP contribution in [0.3, 0.4) is 0 Å². The Labute approximate surface area is 121 Å². The maximum atomic E-state index is 12.9. The van der Waals surface area contributed by atoms with E-state index in [0.29, 0.717) is 6.07 Å². The molecule has 0 saturated carbocycles. The number of hydrogen-bond acceptors (Lipinski definition) is 3. The second kappa shape index (κ2) is 6.25. The third kappa shape index (κ3) is 4.13. The smallest absolute Gasteiger partial charge is 0.417 e. The lowest BCUT2D eigenvalue weighted by molar-refractivity contribution is -0.144. The van der Waals surface area contributed by atoms with E-state index in [-0.39, 0.29) is 12.7 Å². The van der Waals surface area contributed by atoms with Crippen LogP contribution in [0, 0.1) is 11.3 Å². The van der Waals surface area contributed by atoms with Crippen LogP contribution in [0.5, 0.6) is 0 Å². The molecule has 1 rings (SSSR count). The Morgan fingerprint density at radius 3 is 2.09 bits per heavy atom. The molecule has 0 aliphatic heterocycles. The molecule has 1 aromatic carbocycles. The highest BCUT2D eigenvalue weighted by Crippen LogP contribution is 2.39. The second-order valence-corrected chi connectivity index (χ2v) is 4.14. The molecule has 0 aliphatic carbocycles. The molecular weight excluding hydrogens is 316 g/mol.